The summed E-state index contributed by atoms with van der Waals surface area (Å²) in [5.41, 5.74) is 0.0185. The van der Waals surface area contributed by atoms with Crippen molar-refractivity contribution in [3.63, 3.8) is 0 Å². The molecule has 0 saturated heterocycles. The third-order valence-corrected chi connectivity index (χ3v) is 1.12. The maximum atomic E-state index is 10.7. The molecule has 0 bridgehead atoms. The number of aryl methyl sites for hydroxylation is 2. The standard InChI is InChI=1S/C5H8N2O/c1-6-3-4-7(2)5(6)8/h3-4H,1-2H3. The fourth-order valence-electron chi connectivity index (χ4n) is 0.576. The number of imidazole rings is 1. The summed E-state index contributed by atoms with van der Waals surface area (Å²) in [5.74, 6) is 0. The van der Waals surface area contributed by atoms with Crippen LogP contribution in [0.15, 0.2) is 17.2 Å². The Balaban J connectivity index is 3.42. The predicted octanol–water partition coefficient (Wildman–Crippen LogP) is -0.276. The van der Waals surface area contributed by atoms with Gasteiger partial charge in [-0.1, -0.05) is 0 Å². The van der Waals surface area contributed by atoms with Crippen molar-refractivity contribution in [1.29, 1.82) is 0 Å². The first kappa shape index (κ1) is 5.15. The molecule has 1 rings (SSSR count). The van der Waals surface area contributed by atoms with Crippen LogP contribution in [0.25, 0.3) is 0 Å². The highest BCUT2D eigenvalue weighted by Gasteiger charge is 1.89. The molecular formula is C5H8N2O. The van der Waals surface area contributed by atoms with Crippen LogP contribution in [0.1, 0.15) is 0 Å². The van der Waals surface area contributed by atoms with Crippen molar-refractivity contribution in [1.82, 2.24) is 9.13 Å². The molecule has 0 aliphatic heterocycles. The Hall–Kier alpha value is -0.990. The van der Waals surface area contributed by atoms with Crippen molar-refractivity contribution < 1.29 is 0 Å². The lowest BCUT2D eigenvalue weighted by Crippen LogP contribution is -2.18. The molecule has 0 amide bonds. The van der Waals surface area contributed by atoms with Gasteiger partial charge in [0.2, 0.25) is 0 Å². The normalized spacial score (nSPS) is 9.75. The Morgan fingerprint density at radius 1 is 1.25 bits per heavy atom. The molecule has 0 radical (unpaired) electrons. The second kappa shape index (κ2) is 1.51. The van der Waals surface area contributed by atoms with E-state index in [0.29, 0.717) is 0 Å². The number of hydrogen-bond acceptors (Lipinski definition) is 1. The van der Waals surface area contributed by atoms with E-state index in [4.69, 9.17) is 0 Å². The molecule has 0 fully saturated rings. The highest BCUT2D eigenvalue weighted by atomic mass is 16.1. The molecule has 8 heavy (non-hydrogen) atoms. The van der Waals surface area contributed by atoms with Crippen LogP contribution in [0.5, 0.6) is 0 Å². The lowest BCUT2D eigenvalue weighted by molar-refractivity contribution is 0.775. The van der Waals surface area contributed by atoms with Crippen LogP contribution in [0.2, 0.25) is 0 Å². The zero-order chi connectivity index (χ0) is 6.15. The molecule has 1 aromatic heterocycles. The first-order valence-corrected chi connectivity index (χ1v) is 2.40. The third kappa shape index (κ3) is 0.559. The Morgan fingerprint density at radius 2 is 1.62 bits per heavy atom. The fourth-order valence-corrected chi connectivity index (χ4v) is 0.576. The molecule has 1 aromatic rings. The zero-order valence-corrected chi connectivity index (χ0v) is 4.96. The van der Waals surface area contributed by atoms with Crippen LogP contribution in [0, 0.1) is 0 Å². The summed E-state index contributed by atoms with van der Waals surface area (Å²) in [6, 6.07) is 0. The number of aromatic nitrogens is 2. The summed E-state index contributed by atoms with van der Waals surface area (Å²) in [5, 5.41) is 0. The topological polar surface area (TPSA) is 26.9 Å². The van der Waals surface area contributed by atoms with E-state index in [0.717, 1.165) is 0 Å². The first-order chi connectivity index (χ1) is 3.72. The highest BCUT2D eigenvalue weighted by molar-refractivity contribution is 4.76. The van der Waals surface area contributed by atoms with Crippen molar-refractivity contribution in [2.75, 3.05) is 0 Å². The molecule has 1 heterocycles. The second-order valence-corrected chi connectivity index (χ2v) is 1.80. The average molecular weight is 112 g/mol. The van der Waals surface area contributed by atoms with E-state index in [1.165, 1.54) is 9.13 Å². The van der Waals surface area contributed by atoms with Gasteiger partial charge in [-0.05, 0) is 0 Å². The molecule has 0 spiro atoms. The molecule has 0 N–H and O–H groups in total. The van der Waals surface area contributed by atoms with E-state index in [1.807, 2.05) is 0 Å². The van der Waals surface area contributed by atoms with E-state index in [2.05, 4.69) is 0 Å². The van der Waals surface area contributed by atoms with Gasteiger partial charge in [0.25, 0.3) is 0 Å². The number of hydrogen-bond donors (Lipinski definition) is 0. The molecule has 0 aliphatic carbocycles. The minimum Gasteiger partial charge on any atom is -0.302 e. The molecule has 0 saturated carbocycles. The van der Waals surface area contributed by atoms with Gasteiger partial charge in [-0.2, -0.15) is 0 Å². The van der Waals surface area contributed by atoms with Gasteiger partial charge in [-0.15, -0.1) is 0 Å². The van der Waals surface area contributed by atoms with Crippen LogP contribution >= 0.6 is 0 Å². The Bertz CT molecular complexity index is 210. The minimum absolute atomic E-state index is 0.0185. The summed E-state index contributed by atoms with van der Waals surface area (Å²) in [4.78, 5) is 10.7. The van der Waals surface area contributed by atoms with Gasteiger partial charge >= 0.3 is 5.69 Å². The smallest absolute Gasteiger partial charge is 0.302 e. The van der Waals surface area contributed by atoms with Crippen LogP contribution in [-0.4, -0.2) is 9.13 Å². The van der Waals surface area contributed by atoms with Gasteiger partial charge in [0.15, 0.2) is 0 Å². The lowest BCUT2D eigenvalue weighted by Gasteiger charge is -1.82. The largest absolute Gasteiger partial charge is 0.327 e. The predicted molar refractivity (Wildman–Crippen MR) is 30.7 cm³/mol. The first-order valence-electron chi connectivity index (χ1n) is 2.40. The van der Waals surface area contributed by atoms with Crippen LogP contribution in [0.3, 0.4) is 0 Å². The monoisotopic (exact) mass is 112 g/mol. The Labute approximate surface area is 47.2 Å². The second-order valence-electron chi connectivity index (χ2n) is 1.80. The van der Waals surface area contributed by atoms with Gasteiger partial charge in [-0.3, -0.25) is 0 Å². The lowest BCUT2D eigenvalue weighted by atomic mass is 10.9. The molecule has 0 unspecified atom stereocenters. The van der Waals surface area contributed by atoms with Crippen molar-refractivity contribution in [3.05, 3.63) is 22.9 Å². The van der Waals surface area contributed by atoms with E-state index >= 15 is 0 Å². The fraction of sp³-hybridized carbons (Fsp3) is 0.400. The van der Waals surface area contributed by atoms with E-state index in [-0.39, 0.29) is 5.69 Å². The number of nitrogens with zero attached hydrogens (tertiary/aromatic N) is 2. The van der Waals surface area contributed by atoms with Crippen molar-refractivity contribution in [3.8, 4) is 0 Å². The van der Waals surface area contributed by atoms with Gasteiger partial charge in [0, 0.05) is 26.5 Å². The van der Waals surface area contributed by atoms with E-state index in [9.17, 15) is 4.79 Å². The third-order valence-electron chi connectivity index (χ3n) is 1.12. The highest BCUT2D eigenvalue weighted by Crippen LogP contribution is 1.72. The summed E-state index contributed by atoms with van der Waals surface area (Å²) in [6.45, 7) is 0. The van der Waals surface area contributed by atoms with Crippen molar-refractivity contribution in [2.24, 2.45) is 14.1 Å². The van der Waals surface area contributed by atoms with Crippen LogP contribution in [0.4, 0.5) is 0 Å². The summed E-state index contributed by atoms with van der Waals surface area (Å²) in [6.07, 6.45) is 3.45. The minimum atomic E-state index is 0.0185. The molecule has 0 aromatic carbocycles. The van der Waals surface area contributed by atoms with Gasteiger partial charge in [-0.25, -0.2) is 4.79 Å². The van der Waals surface area contributed by atoms with Gasteiger partial charge in [0.1, 0.15) is 0 Å². The van der Waals surface area contributed by atoms with Crippen molar-refractivity contribution in [2.45, 2.75) is 0 Å². The maximum absolute atomic E-state index is 10.7. The molecular weight excluding hydrogens is 104 g/mol. The Kier molecular flexibility index (Phi) is 0.970. The van der Waals surface area contributed by atoms with Gasteiger partial charge in [0.05, 0.1) is 0 Å². The Morgan fingerprint density at radius 3 is 1.75 bits per heavy atom. The maximum Gasteiger partial charge on any atom is 0.327 e. The molecule has 3 heteroatoms. The molecule has 3 nitrogen and oxygen atoms in total. The molecule has 0 aliphatic rings. The SMILES string of the molecule is Cn1ccn(C)c1=O. The van der Waals surface area contributed by atoms with E-state index in [1.54, 1.807) is 26.5 Å². The van der Waals surface area contributed by atoms with Crippen molar-refractivity contribution >= 4 is 0 Å². The number of rotatable bonds is 0. The quantitative estimate of drug-likeness (QED) is 0.453. The van der Waals surface area contributed by atoms with Gasteiger partial charge < -0.3 is 9.13 Å². The summed E-state index contributed by atoms with van der Waals surface area (Å²) >= 11 is 0. The summed E-state index contributed by atoms with van der Waals surface area (Å²) < 4.78 is 3.06. The molecule has 44 valence electrons. The average Bonchev–Trinajstić information content (AvgIpc) is 1.98. The summed E-state index contributed by atoms with van der Waals surface area (Å²) in [7, 11) is 3.45. The van der Waals surface area contributed by atoms with Crippen LogP contribution < -0.4 is 5.69 Å². The zero-order valence-electron chi connectivity index (χ0n) is 4.96. The van der Waals surface area contributed by atoms with Crippen LogP contribution in [-0.2, 0) is 14.1 Å². The molecule has 0 atom stereocenters. The van der Waals surface area contributed by atoms with E-state index < -0.39 is 0 Å².